The molecule has 106 valence electrons. The molecule has 1 aromatic rings. The van der Waals surface area contributed by atoms with Crippen LogP contribution in [0.1, 0.15) is 0 Å². The van der Waals surface area contributed by atoms with Gasteiger partial charge in [0.05, 0.1) is 15.1 Å². The van der Waals surface area contributed by atoms with Crippen molar-refractivity contribution in [3.8, 4) is 0 Å². The second-order valence-electron chi connectivity index (χ2n) is 3.43. The van der Waals surface area contributed by atoms with E-state index in [0.29, 0.717) is 0 Å². The van der Waals surface area contributed by atoms with Crippen LogP contribution in [0, 0.1) is 19.5 Å². The molecule has 0 aliphatic carbocycles. The Morgan fingerprint density at radius 1 is 1.47 bits per heavy atom. The van der Waals surface area contributed by atoms with Crippen molar-refractivity contribution in [3.63, 3.8) is 0 Å². The van der Waals surface area contributed by atoms with E-state index in [9.17, 15) is 23.3 Å². The fraction of sp³-hybridized carbons (Fsp3) is 0.400. The van der Waals surface area contributed by atoms with Gasteiger partial charge in [-0.25, -0.2) is 13.2 Å². The zero-order chi connectivity index (χ0) is 14.4. The van der Waals surface area contributed by atoms with Gasteiger partial charge in [-0.2, -0.15) is 0 Å². The average Bonchev–Trinajstić information content (AvgIpc) is 2.32. The molecule has 1 N–H and O–H groups in total. The third-order valence-corrected chi connectivity index (χ3v) is 2.87. The smallest absolute Gasteiger partial charge is 0.293 e. The SMILES string of the molecule is O=[N+]([O-])c1cc(I)c(F)cc1NCCOCC(F)F. The van der Waals surface area contributed by atoms with Gasteiger partial charge in [0.1, 0.15) is 18.1 Å². The van der Waals surface area contributed by atoms with Crippen LogP contribution in [0.25, 0.3) is 0 Å². The largest absolute Gasteiger partial charge is 0.377 e. The summed E-state index contributed by atoms with van der Waals surface area (Å²) in [6.45, 7) is -0.701. The number of anilines is 1. The summed E-state index contributed by atoms with van der Waals surface area (Å²) in [6, 6.07) is 2.09. The summed E-state index contributed by atoms with van der Waals surface area (Å²) in [6.07, 6.45) is -2.56. The number of nitrogens with zero attached hydrogens (tertiary/aromatic N) is 1. The number of nitro benzene ring substituents is 1. The number of rotatable bonds is 7. The van der Waals surface area contributed by atoms with Crippen molar-refractivity contribution in [1.82, 2.24) is 0 Å². The van der Waals surface area contributed by atoms with Gasteiger partial charge >= 0.3 is 0 Å². The molecule has 5 nitrogen and oxygen atoms in total. The number of ether oxygens (including phenoxy) is 1. The lowest BCUT2D eigenvalue weighted by Gasteiger charge is -2.08. The molecule has 0 saturated heterocycles. The summed E-state index contributed by atoms with van der Waals surface area (Å²) >= 11 is 1.64. The molecular formula is C10H10F3IN2O3. The first-order valence-electron chi connectivity index (χ1n) is 5.15. The molecule has 0 amide bonds. The highest BCUT2D eigenvalue weighted by Crippen LogP contribution is 2.28. The molecule has 0 aliphatic rings. The Morgan fingerprint density at radius 2 is 2.16 bits per heavy atom. The topological polar surface area (TPSA) is 64.4 Å². The molecule has 9 heteroatoms. The summed E-state index contributed by atoms with van der Waals surface area (Å²) in [5, 5.41) is 13.4. The number of hydrogen-bond donors (Lipinski definition) is 1. The quantitative estimate of drug-likeness (QED) is 0.337. The number of benzene rings is 1. The van der Waals surface area contributed by atoms with Gasteiger partial charge < -0.3 is 10.1 Å². The van der Waals surface area contributed by atoms with Crippen LogP contribution in [-0.2, 0) is 4.74 Å². The molecule has 0 spiro atoms. The Hall–Kier alpha value is -1.10. The highest BCUT2D eigenvalue weighted by Gasteiger charge is 2.17. The highest BCUT2D eigenvalue weighted by molar-refractivity contribution is 14.1. The second-order valence-corrected chi connectivity index (χ2v) is 4.60. The lowest BCUT2D eigenvalue weighted by molar-refractivity contribution is -0.384. The molecule has 19 heavy (non-hydrogen) atoms. The Labute approximate surface area is 120 Å². The Bertz CT molecular complexity index is 460. The van der Waals surface area contributed by atoms with E-state index in [1.165, 1.54) is 0 Å². The van der Waals surface area contributed by atoms with Crippen molar-refractivity contribution < 1.29 is 22.8 Å². The molecule has 0 aromatic heterocycles. The molecule has 0 fully saturated rings. The summed E-state index contributed by atoms with van der Waals surface area (Å²) in [4.78, 5) is 10.1. The Kier molecular flexibility index (Phi) is 6.28. The summed E-state index contributed by atoms with van der Waals surface area (Å²) < 4.78 is 41.6. The fourth-order valence-electron chi connectivity index (χ4n) is 1.26. The molecule has 1 aromatic carbocycles. The lowest BCUT2D eigenvalue weighted by atomic mass is 10.2. The van der Waals surface area contributed by atoms with Crippen LogP contribution < -0.4 is 5.32 Å². The first-order chi connectivity index (χ1) is 8.91. The van der Waals surface area contributed by atoms with Crippen LogP contribution in [0.5, 0.6) is 0 Å². The standard InChI is InChI=1S/C10H10F3IN2O3/c11-6-3-8(9(16(17)18)4-7(6)14)15-1-2-19-5-10(12)13/h3-4,10,15H,1-2,5H2. The highest BCUT2D eigenvalue weighted by atomic mass is 127. The lowest BCUT2D eigenvalue weighted by Crippen LogP contribution is -2.14. The Morgan fingerprint density at radius 3 is 2.74 bits per heavy atom. The minimum atomic E-state index is -2.56. The van der Waals surface area contributed by atoms with Crippen LogP contribution in [0.3, 0.4) is 0 Å². The van der Waals surface area contributed by atoms with Gasteiger partial charge in [-0.15, -0.1) is 0 Å². The first-order valence-corrected chi connectivity index (χ1v) is 6.23. The van der Waals surface area contributed by atoms with Gasteiger partial charge in [-0.1, -0.05) is 0 Å². The maximum atomic E-state index is 13.3. The normalized spacial score (nSPS) is 10.8. The van der Waals surface area contributed by atoms with Gasteiger partial charge in [-0.05, 0) is 22.6 Å². The molecule has 0 radical (unpaired) electrons. The molecule has 0 unspecified atom stereocenters. The van der Waals surface area contributed by atoms with Crippen LogP contribution >= 0.6 is 22.6 Å². The van der Waals surface area contributed by atoms with E-state index >= 15 is 0 Å². The van der Waals surface area contributed by atoms with E-state index in [2.05, 4.69) is 10.1 Å². The number of nitro groups is 1. The predicted octanol–water partition coefficient (Wildman–Crippen LogP) is 3.03. The van der Waals surface area contributed by atoms with Gasteiger partial charge in [0, 0.05) is 18.7 Å². The first kappa shape index (κ1) is 16.0. The number of alkyl halides is 2. The van der Waals surface area contributed by atoms with E-state index in [1.807, 2.05) is 0 Å². The molecule has 0 atom stereocenters. The number of hydrogen-bond acceptors (Lipinski definition) is 4. The minimum Gasteiger partial charge on any atom is -0.377 e. The summed E-state index contributed by atoms with van der Waals surface area (Å²) in [5.74, 6) is -0.595. The van der Waals surface area contributed by atoms with E-state index < -0.39 is 23.8 Å². The minimum absolute atomic E-state index is 0.0106. The van der Waals surface area contributed by atoms with Crippen molar-refractivity contribution in [2.24, 2.45) is 0 Å². The van der Waals surface area contributed by atoms with Crippen molar-refractivity contribution in [2.75, 3.05) is 25.1 Å². The van der Waals surface area contributed by atoms with Crippen molar-refractivity contribution in [3.05, 3.63) is 31.6 Å². The van der Waals surface area contributed by atoms with Gasteiger partial charge in [-0.3, -0.25) is 10.1 Å². The molecule has 0 aliphatic heterocycles. The molecular weight excluding hydrogens is 380 g/mol. The average molecular weight is 390 g/mol. The summed E-state index contributed by atoms with van der Waals surface area (Å²) in [5.41, 5.74) is -0.289. The molecule has 0 bridgehead atoms. The zero-order valence-corrected chi connectivity index (χ0v) is 11.7. The third kappa shape index (κ3) is 5.19. The van der Waals surface area contributed by atoms with Gasteiger partial charge in [0.25, 0.3) is 12.1 Å². The second kappa shape index (κ2) is 7.48. The predicted molar refractivity (Wildman–Crippen MR) is 71.1 cm³/mol. The Balaban J connectivity index is 2.62. The molecule has 0 saturated carbocycles. The maximum Gasteiger partial charge on any atom is 0.293 e. The van der Waals surface area contributed by atoms with Gasteiger partial charge in [0.15, 0.2) is 0 Å². The van der Waals surface area contributed by atoms with E-state index in [0.717, 1.165) is 12.1 Å². The molecule has 1 rings (SSSR count). The van der Waals surface area contributed by atoms with Crippen LogP contribution in [0.15, 0.2) is 12.1 Å². The number of nitrogens with one attached hydrogen (secondary N) is 1. The van der Waals surface area contributed by atoms with Crippen LogP contribution in [-0.4, -0.2) is 31.1 Å². The molecule has 0 heterocycles. The van der Waals surface area contributed by atoms with E-state index in [4.69, 9.17) is 0 Å². The van der Waals surface area contributed by atoms with Gasteiger partial charge in [0.2, 0.25) is 0 Å². The monoisotopic (exact) mass is 390 g/mol. The van der Waals surface area contributed by atoms with Crippen molar-refractivity contribution >= 4 is 34.0 Å². The van der Waals surface area contributed by atoms with Crippen LogP contribution in [0.2, 0.25) is 0 Å². The van der Waals surface area contributed by atoms with E-state index in [-0.39, 0.29) is 28.1 Å². The van der Waals surface area contributed by atoms with Crippen molar-refractivity contribution in [2.45, 2.75) is 6.43 Å². The number of halogens is 4. The zero-order valence-electron chi connectivity index (χ0n) is 9.54. The fourth-order valence-corrected chi connectivity index (χ4v) is 1.71. The maximum absolute atomic E-state index is 13.3. The van der Waals surface area contributed by atoms with E-state index in [1.54, 1.807) is 22.6 Å². The summed E-state index contributed by atoms with van der Waals surface area (Å²) in [7, 11) is 0. The van der Waals surface area contributed by atoms with Crippen LogP contribution in [0.4, 0.5) is 24.5 Å². The van der Waals surface area contributed by atoms with Crippen molar-refractivity contribution in [1.29, 1.82) is 0 Å². The third-order valence-electron chi connectivity index (χ3n) is 2.04.